The van der Waals surface area contributed by atoms with Crippen LogP contribution < -0.4 is 10.6 Å². The third kappa shape index (κ3) is 3.96. The summed E-state index contributed by atoms with van der Waals surface area (Å²) >= 11 is 0. The van der Waals surface area contributed by atoms with E-state index in [0.717, 1.165) is 31.5 Å². The molecule has 1 heterocycles. The van der Waals surface area contributed by atoms with Gasteiger partial charge < -0.3 is 10.6 Å². The van der Waals surface area contributed by atoms with Crippen molar-refractivity contribution in [2.75, 3.05) is 13.1 Å². The Bertz CT molecular complexity index is 450. The van der Waals surface area contributed by atoms with Gasteiger partial charge in [0.1, 0.15) is 0 Å². The average Bonchev–Trinajstić information content (AvgIpc) is 2.45. The number of rotatable bonds is 3. The molecule has 0 radical (unpaired) electrons. The first-order valence-electron chi connectivity index (χ1n) is 6.61. The van der Waals surface area contributed by atoms with Crippen molar-refractivity contribution in [2.24, 2.45) is 5.92 Å². The minimum atomic E-state index is -4.32. The van der Waals surface area contributed by atoms with Crippen LogP contribution in [0, 0.1) is 5.92 Å². The number of piperidine rings is 1. The number of benzene rings is 1. The highest BCUT2D eigenvalue weighted by Gasteiger charge is 2.29. The fraction of sp³-hybridized carbons (Fsp3) is 0.500. The summed E-state index contributed by atoms with van der Waals surface area (Å²) in [5, 5.41) is 5.92. The van der Waals surface area contributed by atoms with E-state index in [1.807, 2.05) is 0 Å². The second-order valence-corrected chi connectivity index (χ2v) is 4.96. The van der Waals surface area contributed by atoms with E-state index >= 15 is 0 Å². The van der Waals surface area contributed by atoms with Gasteiger partial charge in [0.05, 0.1) is 11.5 Å². The van der Waals surface area contributed by atoms with Crippen molar-refractivity contribution in [1.82, 2.24) is 10.6 Å². The Kier molecular flexibility index (Phi) is 4.65. The molecule has 1 atom stereocenters. The van der Waals surface area contributed by atoms with Crippen LogP contribution in [-0.4, -0.2) is 19.0 Å². The zero-order chi connectivity index (χ0) is 14.6. The van der Waals surface area contributed by atoms with Gasteiger partial charge >= 0.3 is 6.18 Å². The molecule has 1 aromatic rings. The summed E-state index contributed by atoms with van der Waals surface area (Å²) in [7, 11) is 0. The summed E-state index contributed by atoms with van der Waals surface area (Å²) in [6, 6.07) is 4.84. The monoisotopic (exact) mass is 286 g/mol. The lowest BCUT2D eigenvalue weighted by molar-refractivity contribution is -0.137. The molecule has 0 saturated carbocycles. The quantitative estimate of drug-likeness (QED) is 0.895. The number of halogens is 3. The lowest BCUT2D eigenvalue weighted by Crippen LogP contribution is -2.40. The van der Waals surface area contributed by atoms with Gasteiger partial charge in [0.2, 0.25) is 5.91 Å². The normalized spacial score (nSPS) is 19.6. The van der Waals surface area contributed by atoms with E-state index in [4.69, 9.17) is 0 Å². The van der Waals surface area contributed by atoms with Crippen molar-refractivity contribution in [3.63, 3.8) is 0 Å². The maximum atomic E-state index is 12.4. The molecule has 0 bridgehead atoms. The number of nitrogens with one attached hydrogen (secondary N) is 2. The summed E-state index contributed by atoms with van der Waals surface area (Å²) in [4.78, 5) is 11.9. The van der Waals surface area contributed by atoms with Gasteiger partial charge in [0.25, 0.3) is 0 Å². The molecule has 1 saturated heterocycles. The predicted molar refractivity (Wildman–Crippen MR) is 68.9 cm³/mol. The molecular weight excluding hydrogens is 269 g/mol. The van der Waals surface area contributed by atoms with Crippen molar-refractivity contribution in [3.05, 3.63) is 35.4 Å². The molecule has 1 aromatic carbocycles. The van der Waals surface area contributed by atoms with E-state index in [0.29, 0.717) is 12.1 Å². The van der Waals surface area contributed by atoms with Gasteiger partial charge in [-0.1, -0.05) is 12.1 Å². The first-order chi connectivity index (χ1) is 9.47. The molecule has 0 unspecified atom stereocenters. The molecule has 1 fully saturated rings. The third-order valence-electron chi connectivity index (χ3n) is 3.42. The van der Waals surface area contributed by atoms with Crippen LogP contribution in [0.3, 0.4) is 0 Å². The minimum absolute atomic E-state index is 0.0433. The Labute approximate surface area is 115 Å². The zero-order valence-corrected chi connectivity index (χ0v) is 11.0. The molecule has 20 heavy (non-hydrogen) atoms. The first-order valence-corrected chi connectivity index (χ1v) is 6.61. The van der Waals surface area contributed by atoms with E-state index in [1.165, 1.54) is 12.1 Å². The van der Waals surface area contributed by atoms with Crippen molar-refractivity contribution in [1.29, 1.82) is 0 Å². The van der Waals surface area contributed by atoms with Crippen LogP contribution in [0.15, 0.2) is 24.3 Å². The standard InChI is InChI=1S/C14H17F3N2O/c15-14(16,17)12-5-3-10(4-6-12)8-19-13(20)11-2-1-7-18-9-11/h3-6,11,18H,1-2,7-9H2,(H,19,20)/t11-/m1/s1. The number of hydrogen-bond acceptors (Lipinski definition) is 2. The largest absolute Gasteiger partial charge is 0.416 e. The molecule has 3 nitrogen and oxygen atoms in total. The van der Waals surface area contributed by atoms with Crippen molar-refractivity contribution < 1.29 is 18.0 Å². The highest BCUT2D eigenvalue weighted by molar-refractivity contribution is 5.78. The smallest absolute Gasteiger partial charge is 0.352 e. The fourth-order valence-electron chi connectivity index (χ4n) is 2.22. The number of carbonyl (C=O) groups is 1. The molecule has 0 aromatic heterocycles. The Morgan fingerprint density at radius 3 is 2.55 bits per heavy atom. The van der Waals surface area contributed by atoms with E-state index < -0.39 is 11.7 Å². The maximum absolute atomic E-state index is 12.4. The molecular formula is C14H17F3N2O. The average molecular weight is 286 g/mol. The molecule has 0 aliphatic carbocycles. The Morgan fingerprint density at radius 2 is 2.00 bits per heavy atom. The second-order valence-electron chi connectivity index (χ2n) is 4.96. The molecule has 1 aliphatic heterocycles. The molecule has 2 rings (SSSR count). The van der Waals surface area contributed by atoms with Gasteiger partial charge in [-0.3, -0.25) is 4.79 Å². The highest BCUT2D eigenvalue weighted by atomic mass is 19.4. The molecule has 1 amide bonds. The van der Waals surface area contributed by atoms with Gasteiger partial charge in [0, 0.05) is 13.1 Å². The number of amides is 1. The number of hydrogen-bond donors (Lipinski definition) is 2. The summed E-state index contributed by atoms with van der Waals surface area (Å²) in [5.74, 6) is -0.0877. The van der Waals surface area contributed by atoms with Gasteiger partial charge in [-0.2, -0.15) is 13.2 Å². The second kappa shape index (κ2) is 6.26. The zero-order valence-electron chi connectivity index (χ0n) is 11.0. The molecule has 2 N–H and O–H groups in total. The summed E-state index contributed by atoms with van der Waals surface area (Å²) in [6.45, 7) is 1.86. The molecule has 110 valence electrons. The summed E-state index contributed by atoms with van der Waals surface area (Å²) < 4.78 is 37.2. The van der Waals surface area contributed by atoms with Crippen molar-refractivity contribution >= 4 is 5.91 Å². The van der Waals surface area contributed by atoms with E-state index in [2.05, 4.69) is 10.6 Å². The highest BCUT2D eigenvalue weighted by Crippen LogP contribution is 2.29. The first kappa shape index (κ1) is 14.8. The van der Waals surface area contributed by atoms with Crippen LogP contribution in [0.1, 0.15) is 24.0 Å². The molecule has 0 spiro atoms. The van der Waals surface area contributed by atoms with Crippen LogP contribution >= 0.6 is 0 Å². The Balaban J connectivity index is 1.86. The lowest BCUT2D eigenvalue weighted by Gasteiger charge is -2.21. The van der Waals surface area contributed by atoms with Crippen LogP contribution in [-0.2, 0) is 17.5 Å². The van der Waals surface area contributed by atoms with E-state index in [-0.39, 0.29) is 18.4 Å². The van der Waals surface area contributed by atoms with Gasteiger partial charge in [0.15, 0.2) is 0 Å². The van der Waals surface area contributed by atoms with Crippen molar-refractivity contribution in [2.45, 2.75) is 25.6 Å². The van der Waals surface area contributed by atoms with Gasteiger partial charge in [-0.05, 0) is 37.1 Å². The summed E-state index contributed by atoms with van der Waals surface area (Å²) in [6.07, 6.45) is -2.50. The van der Waals surface area contributed by atoms with Crippen LogP contribution in [0.5, 0.6) is 0 Å². The predicted octanol–water partition coefficient (Wildman–Crippen LogP) is 2.32. The van der Waals surface area contributed by atoms with E-state index in [9.17, 15) is 18.0 Å². The van der Waals surface area contributed by atoms with Crippen molar-refractivity contribution in [3.8, 4) is 0 Å². The van der Waals surface area contributed by atoms with Crippen LogP contribution in [0.25, 0.3) is 0 Å². The molecule has 6 heteroatoms. The Hall–Kier alpha value is -1.56. The fourth-order valence-corrected chi connectivity index (χ4v) is 2.22. The summed E-state index contributed by atoms with van der Waals surface area (Å²) in [5.41, 5.74) is -0.0147. The minimum Gasteiger partial charge on any atom is -0.352 e. The maximum Gasteiger partial charge on any atom is 0.416 e. The third-order valence-corrected chi connectivity index (χ3v) is 3.42. The van der Waals surface area contributed by atoms with Crippen LogP contribution in [0.4, 0.5) is 13.2 Å². The lowest BCUT2D eigenvalue weighted by atomic mass is 9.99. The van der Waals surface area contributed by atoms with Gasteiger partial charge in [-0.15, -0.1) is 0 Å². The number of carbonyl (C=O) groups excluding carboxylic acids is 1. The van der Waals surface area contributed by atoms with E-state index in [1.54, 1.807) is 0 Å². The van der Waals surface area contributed by atoms with Crippen LogP contribution in [0.2, 0.25) is 0 Å². The SMILES string of the molecule is O=C(NCc1ccc(C(F)(F)F)cc1)[C@@H]1CCCNC1. The Morgan fingerprint density at radius 1 is 1.30 bits per heavy atom. The van der Waals surface area contributed by atoms with Gasteiger partial charge in [-0.25, -0.2) is 0 Å². The topological polar surface area (TPSA) is 41.1 Å². The number of alkyl halides is 3. The molecule has 1 aliphatic rings.